The van der Waals surface area contributed by atoms with Crippen molar-refractivity contribution in [2.24, 2.45) is 0 Å². The maximum absolute atomic E-state index is 13.7. The molecule has 0 amide bonds. The van der Waals surface area contributed by atoms with Crippen LogP contribution in [0.4, 0.5) is 4.39 Å². The zero-order valence-corrected chi connectivity index (χ0v) is 13.0. The molecule has 3 heteroatoms. The van der Waals surface area contributed by atoms with Crippen LogP contribution in [0.2, 0.25) is 0 Å². The molecule has 0 heterocycles. The summed E-state index contributed by atoms with van der Waals surface area (Å²) in [5, 5.41) is 3.34. The number of halogens is 2. The van der Waals surface area contributed by atoms with Crippen LogP contribution in [0.3, 0.4) is 0 Å². The van der Waals surface area contributed by atoms with Gasteiger partial charge in [-0.25, -0.2) is 4.39 Å². The molecule has 0 radical (unpaired) electrons. The van der Waals surface area contributed by atoms with Crippen LogP contribution in [0.5, 0.6) is 0 Å². The molecular formula is C16H21BrFN. The predicted octanol–water partition coefficient (Wildman–Crippen LogP) is 5.13. The summed E-state index contributed by atoms with van der Waals surface area (Å²) in [5.74, 6) is -0.191. The van der Waals surface area contributed by atoms with Gasteiger partial charge in [0.1, 0.15) is 5.82 Å². The Kier molecular flexibility index (Phi) is 5.59. The molecule has 1 aliphatic carbocycles. The van der Waals surface area contributed by atoms with Crippen LogP contribution in [0.15, 0.2) is 34.3 Å². The number of hydrogen-bond donors (Lipinski definition) is 1. The Morgan fingerprint density at radius 2 is 2.00 bits per heavy atom. The topological polar surface area (TPSA) is 12.0 Å². The zero-order chi connectivity index (χ0) is 13.7. The Balaban J connectivity index is 2.30. The minimum absolute atomic E-state index is 0.114. The summed E-state index contributed by atoms with van der Waals surface area (Å²) in [6.07, 6.45) is 9.73. The molecule has 1 N–H and O–H groups in total. The van der Waals surface area contributed by atoms with Gasteiger partial charge in [-0.3, -0.25) is 0 Å². The van der Waals surface area contributed by atoms with E-state index in [0.29, 0.717) is 4.47 Å². The van der Waals surface area contributed by atoms with E-state index < -0.39 is 0 Å². The molecule has 1 aliphatic rings. The highest BCUT2D eigenvalue weighted by molar-refractivity contribution is 9.10. The highest BCUT2D eigenvalue weighted by Crippen LogP contribution is 2.33. The highest BCUT2D eigenvalue weighted by atomic mass is 79.9. The lowest BCUT2D eigenvalue weighted by atomic mass is 9.91. The van der Waals surface area contributed by atoms with Crippen LogP contribution >= 0.6 is 15.9 Å². The minimum Gasteiger partial charge on any atom is -0.310 e. The van der Waals surface area contributed by atoms with Crippen LogP contribution in [0, 0.1) is 5.82 Å². The second-order valence-corrected chi connectivity index (χ2v) is 5.89. The largest absolute Gasteiger partial charge is 0.310 e. The predicted molar refractivity (Wildman–Crippen MR) is 81.7 cm³/mol. The Morgan fingerprint density at radius 1 is 1.21 bits per heavy atom. The van der Waals surface area contributed by atoms with Crippen molar-refractivity contribution in [2.75, 3.05) is 7.05 Å². The third-order valence-electron chi connectivity index (χ3n) is 3.78. The van der Waals surface area contributed by atoms with Crippen LogP contribution in [-0.4, -0.2) is 7.05 Å². The molecule has 1 aromatic rings. The van der Waals surface area contributed by atoms with E-state index in [1.54, 1.807) is 6.07 Å². The van der Waals surface area contributed by atoms with Gasteiger partial charge in [-0.15, -0.1) is 0 Å². The number of benzene rings is 1. The lowest BCUT2D eigenvalue weighted by molar-refractivity contribution is 0.566. The standard InChI is InChI=1S/C16H21BrFN/c1-19-16(12-8-5-3-2-4-6-9-12)13-10-7-11-14(18)15(13)17/h7-8,10-11,16,19H,2-6,9H2,1H3/b12-8+. The molecule has 2 rings (SSSR count). The van der Waals surface area contributed by atoms with E-state index in [-0.39, 0.29) is 11.9 Å². The van der Waals surface area contributed by atoms with E-state index in [0.717, 1.165) is 18.4 Å². The molecule has 104 valence electrons. The molecule has 0 fully saturated rings. The van der Waals surface area contributed by atoms with Crippen LogP contribution in [0.1, 0.15) is 50.1 Å². The first-order valence-electron chi connectivity index (χ1n) is 7.04. The van der Waals surface area contributed by atoms with E-state index in [4.69, 9.17) is 0 Å². The maximum Gasteiger partial charge on any atom is 0.137 e. The molecule has 0 spiro atoms. The van der Waals surface area contributed by atoms with Gasteiger partial charge in [0.25, 0.3) is 0 Å². The Morgan fingerprint density at radius 3 is 2.79 bits per heavy atom. The van der Waals surface area contributed by atoms with Gasteiger partial charge in [0, 0.05) is 0 Å². The fourth-order valence-corrected chi connectivity index (χ4v) is 3.26. The molecule has 0 bridgehead atoms. The third-order valence-corrected chi connectivity index (χ3v) is 4.61. The maximum atomic E-state index is 13.7. The van der Waals surface area contributed by atoms with Crippen molar-refractivity contribution in [3.63, 3.8) is 0 Å². The van der Waals surface area contributed by atoms with Gasteiger partial charge in [-0.05, 0) is 60.3 Å². The molecule has 19 heavy (non-hydrogen) atoms. The molecule has 0 saturated heterocycles. The van der Waals surface area contributed by atoms with Crippen molar-refractivity contribution in [1.82, 2.24) is 5.32 Å². The van der Waals surface area contributed by atoms with Crippen molar-refractivity contribution in [1.29, 1.82) is 0 Å². The van der Waals surface area contributed by atoms with Gasteiger partial charge in [0.05, 0.1) is 10.5 Å². The average molecular weight is 326 g/mol. The molecule has 1 aromatic carbocycles. The number of likely N-dealkylation sites (N-methyl/N-ethyl adjacent to an activating group) is 1. The average Bonchev–Trinajstić information content (AvgIpc) is 2.37. The van der Waals surface area contributed by atoms with Crippen LogP contribution in [0.25, 0.3) is 0 Å². The Bertz CT molecular complexity index is 456. The van der Waals surface area contributed by atoms with Crippen LogP contribution < -0.4 is 5.32 Å². The number of rotatable bonds is 3. The second-order valence-electron chi connectivity index (χ2n) is 5.10. The number of allylic oxidation sites excluding steroid dienone is 1. The van der Waals surface area contributed by atoms with Gasteiger partial charge in [-0.1, -0.05) is 36.6 Å². The summed E-state index contributed by atoms with van der Waals surface area (Å²) >= 11 is 3.38. The molecule has 1 unspecified atom stereocenters. The van der Waals surface area contributed by atoms with Crippen molar-refractivity contribution in [3.8, 4) is 0 Å². The second kappa shape index (κ2) is 7.20. The summed E-state index contributed by atoms with van der Waals surface area (Å²) in [4.78, 5) is 0. The third kappa shape index (κ3) is 3.67. The SMILES string of the molecule is CNC(/C1=C/CCCCCC1)c1cccc(F)c1Br. The van der Waals surface area contributed by atoms with Crippen molar-refractivity contribution < 1.29 is 4.39 Å². The van der Waals surface area contributed by atoms with E-state index in [1.165, 1.54) is 37.3 Å². The number of hydrogen-bond acceptors (Lipinski definition) is 1. The monoisotopic (exact) mass is 325 g/mol. The first-order valence-corrected chi connectivity index (χ1v) is 7.83. The van der Waals surface area contributed by atoms with Gasteiger partial charge >= 0.3 is 0 Å². The quantitative estimate of drug-likeness (QED) is 0.759. The van der Waals surface area contributed by atoms with Crippen LogP contribution in [-0.2, 0) is 0 Å². The summed E-state index contributed by atoms with van der Waals surface area (Å²) in [5.41, 5.74) is 2.39. The summed E-state index contributed by atoms with van der Waals surface area (Å²) in [6, 6.07) is 5.38. The highest BCUT2D eigenvalue weighted by Gasteiger charge is 2.19. The lowest BCUT2D eigenvalue weighted by Crippen LogP contribution is -2.20. The minimum atomic E-state index is -0.191. The zero-order valence-electron chi connectivity index (χ0n) is 11.4. The molecule has 1 atom stereocenters. The van der Waals surface area contributed by atoms with Gasteiger partial charge in [0.2, 0.25) is 0 Å². The number of nitrogens with one attached hydrogen (secondary N) is 1. The first kappa shape index (κ1) is 14.7. The molecule has 1 nitrogen and oxygen atoms in total. The summed E-state index contributed by atoms with van der Waals surface area (Å²) in [7, 11) is 1.95. The lowest BCUT2D eigenvalue weighted by Gasteiger charge is -2.23. The fraction of sp³-hybridized carbons (Fsp3) is 0.500. The summed E-state index contributed by atoms with van der Waals surface area (Å²) in [6.45, 7) is 0. The molecular weight excluding hydrogens is 305 g/mol. The van der Waals surface area contributed by atoms with Gasteiger partial charge in [0.15, 0.2) is 0 Å². The van der Waals surface area contributed by atoms with Gasteiger partial charge in [-0.2, -0.15) is 0 Å². The van der Waals surface area contributed by atoms with E-state index in [9.17, 15) is 4.39 Å². The smallest absolute Gasteiger partial charge is 0.137 e. The molecule has 0 saturated carbocycles. The van der Waals surface area contributed by atoms with Crippen molar-refractivity contribution in [2.45, 2.75) is 44.6 Å². The normalized spacial score (nSPS) is 21.1. The first-order chi connectivity index (χ1) is 9.24. The van der Waals surface area contributed by atoms with Gasteiger partial charge < -0.3 is 5.32 Å². The van der Waals surface area contributed by atoms with E-state index in [1.807, 2.05) is 13.1 Å². The Labute approximate surface area is 123 Å². The summed E-state index contributed by atoms with van der Waals surface area (Å²) < 4.78 is 14.3. The molecule has 0 aliphatic heterocycles. The van der Waals surface area contributed by atoms with Crippen molar-refractivity contribution >= 4 is 15.9 Å². The molecule has 0 aromatic heterocycles. The Hall–Kier alpha value is -0.670. The van der Waals surface area contributed by atoms with E-state index >= 15 is 0 Å². The van der Waals surface area contributed by atoms with Crippen molar-refractivity contribution in [3.05, 3.63) is 45.7 Å². The fourth-order valence-electron chi connectivity index (χ4n) is 2.76. The van der Waals surface area contributed by atoms with E-state index in [2.05, 4.69) is 27.3 Å².